The summed E-state index contributed by atoms with van der Waals surface area (Å²) in [6.07, 6.45) is 4.65. The summed E-state index contributed by atoms with van der Waals surface area (Å²) in [4.78, 5) is 9.96. The lowest BCUT2D eigenvalue weighted by molar-refractivity contribution is 1.19. The maximum absolute atomic E-state index is 4.04. The number of aromatic nitrogens is 2. The van der Waals surface area contributed by atoms with Crippen LogP contribution in [0.5, 0.6) is 0 Å². The first-order chi connectivity index (χ1) is 9.85. The van der Waals surface area contributed by atoms with Gasteiger partial charge in [0.05, 0.1) is 18.2 Å². The molecule has 0 spiro atoms. The first-order valence-corrected chi connectivity index (χ1v) is 7.57. The highest BCUT2D eigenvalue weighted by Gasteiger charge is 2.01. The third kappa shape index (κ3) is 2.91. The molecule has 0 saturated heterocycles. The second-order valence-corrected chi connectivity index (χ2v) is 5.87. The summed E-state index contributed by atoms with van der Waals surface area (Å²) >= 11 is 1.88. The van der Waals surface area contributed by atoms with Crippen LogP contribution in [0.2, 0.25) is 0 Å². The van der Waals surface area contributed by atoms with Crippen molar-refractivity contribution in [3.63, 3.8) is 0 Å². The average Bonchev–Trinajstić information content (AvgIpc) is 3.17. The molecule has 3 rings (SSSR count). The molecule has 0 atom stereocenters. The van der Waals surface area contributed by atoms with Crippen molar-refractivity contribution in [2.24, 2.45) is 0 Å². The number of rotatable bonds is 5. The Labute approximate surface area is 122 Å². The predicted molar refractivity (Wildman–Crippen MR) is 85.0 cm³/mol. The molecule has 0 fully saturated rings. The minimum Gasteiger partial charge on any atom is -0.380 e. The molecule has 0 bridgehead atoms. The number of H-pyrrole nitrogens is 1. The lowest BCUT2D eigenvalue weighted by atomic mass is 10.1. The zero-order valence-corrected chi connectivity index (χ0v) is 12.2. The van der Waals surface area contributed by atoms with Gasteiger partial charge < -0.3 is 10.3 Å². The van der Waals surface area contributed by atoms with Gasteiger partial charge in [-0.05, 0) is 36.2 Å². The van der Waals surface area contributed by atoms with Gasteiger partial charge in [0.15, 0.2) is 0 Å². The Morgan fingerprint density at radius 2 is 1.90 bits per heavy atom. The Balaban J connectivity index is 1.63. The van der Waals surface area contributed by atoms with Gasteiger partial charge in [0.2, 0.25) is 0 Å². The molecule has 102 valence electrons. The van der Waals surface area contributed by atoms with Gasteiger partial charge in [-0.15, -0.1) is 11.3 Å². The summed E-state index contributed by atoms with van der Waals surface area (Å²) in [7, 11) is 0. The third-order valence-corrected chi connectivity index (χ3v) is 4.46. The summed E-state index contributed by atoms with van der Waals surface area (Å²) in [6.45, 7) is 3.07. The molecule has 0 aliphatic rings. The van der Waals surface area contributed by atoms with E-state index in [2.05, 4.69) is 58.6 Å². The Morgan fingerprint density at radius 3 is 2.55 bits per heavy atom. The van der Waals surface area contributed by atoms with E-state index in [4.69, 9.17) is 0 Å². The van der Waals surface area contributed by atoms with E-state index in [1.165, 1.54) is 9.75 Å². The molecule has 2 heterocycles. The predicted octanol–water partition coefficient (Wildman–Crippen LogP) is 4.31. The normalized spacial score (nSPS) is 10.7. The molecule has 0 unspecified atom stereocenters. The largest absolute Gasteiger partial charge is 0.380 e. The number of aryl methyl sites for hydroxylation is 1. The van der Waals surface area contributed by atoms with E-state index in [9.17, 15) is 0 Å². The molecular weight excluding hydrogens is 266 g/mol. The molecule has 3 aromatic rings. The molecular formula is C16H17N3S. The maximum Gasteiger partial charge on any atom is 0.0924 e. The fraction of sp³-hybridized carbons (Fsp3) is 0.188. The van der Waals surface area contributed by atoms with Crippen LogP contribution in [0.1, 0.15) is 16.7 Å². The van der Waals surface area contributed by atoms with Crippen molar-refractivity contribution in [2.45, 2.75) is 19.9 Å². The molecule has 0 saturated carbocycles. The van der Waals surface area contributed by atoms with E-state index in [-0.39, 0.29) is 0 Å². The summed E-state index contributed by atoms with van der Waals surface area (Å²) in [6, 6.07) is 12.8. The topological polar surface area (TPSA) is 40.7 Å². The molecule has 2 N–H and O–H groups in total. The molecule has 0 amide bonds. The van der Waals surface area contributed by atoms with Crippen LogP contribution in [0, 0.1) is 0 Å². The highest BCUT2D eigenvalue weighted by molar-refractivity contribution is 7.12. The van der Waals surface area contributed by atoms with Crippen molar-refractivity contribution in [3.05, 3.63) is 58.7 Å². The Bertz CT molecular complexity index is 653. The zero-order valence-electron chi connectivity index (χ0n) is 11.4. The van der Waals surface area contributed by atoms with E-state index < -0.39 is 0 Å². The lowest BCUT2D eigenvalue weighted by Gasteiger charge is -2.05. The molecule has 20 heavy (non-hydrogen) atoms. The summed E-state index contributed by atoms with van der Waals surface area (Å²) in [5.74, 6) is 0. The van der Waals surface area contributed by atoms with Gasteiger partial charge in [0.1, 0.15) is 0 Å². The number of benzene rings is 1. The first-order valence-electron chi connectivity index (χ1n) is 6.75. The standard InChI is InChI=1S/C16H17N3S/c1-2-14-7-8-15(20-14)9-18-13-5-3-12(4-6-13)16-10-17-11-19-16/h3-8,10-11,18H,2,9H2,1H3,(H,17,19). The smallest absolute Gasteiger partial charge is 0.0924 e. The first kappa shape index (κ1) is 12.9. The summed E-state index contributed by atoms with van der Waals surface area (Å²) < 4.78 is 0. The van der Waals surface area contributed by atoms with Crippen LogP contribution in [0.25, 0.3) is 11.3 Å². The van der Waals surface area contributed by atoms with Crippen LogP contribution in [-0.2, 0) is 13.0 Å². The van der Waals surface area contributed by atoms with Gasteiger partial charge in [-0.2, -0.15) is 0 Å². The van der Waals surface area contributed by atoms with Gasteiger partial charge in [-0.25, -0.2) is 4.98 Å². The number of thiophene rings is 1. The van der Waals surface area contributed by atoms with Crippen LogP contribution in [0.4, 0.5) is 5.69 Å². The minimum atomic E-state index is 0.883. The lowest BCUT2D eigenvalue weighted by Crippen LogP contribution is -1.96. The van der Waals surface area contributed by atoms with Crippen LogP contribution < -0.4 is 5.32 Å². The molecule has 1 aromatic carbocycles. The molecule has 0 aliphatic heterocycles. The summed E-state index contributed by atoms with van der Waals surface area (Å²) in [5, 5.41) is 3.46. The van der Waals surface area contributed by atoms with Gasteiger partial charge >= 0.3 is 0 Å². The Kier molecular flexibility index (Phi) is 3.83. The van der Waals surface area contributed by atoms with Gasteiger partial charge in [-0.3, -0.25) is 0 Å². The van der Waals surface area contributed by atoms with Crippen molar-refractivity contribution < 1.29 is 0 Å². The second kappa shape index (κ2) is 5.92. The van der Waals surface area contributed by atoms with E-state index in [1.807, 2.05) is 17.5 Å². The van der Waals surface area contributed by atoms with Gasteiger partial charge in [0, 0.05) is 22.0 Å². The summed E-state index contributed by atoms with van der Waals surface area (Å²) in [5.41, 5.74) is 3.33. The van der Waals surface area contributed by atoms with Gasteiger partial charge in [-0.1, -0.05) is 19.1 Å². The quantitative estimate of drug-likeness (QED) is 0.732. The SMILES string of the molecule is CCc1ccc(CNc2ccc(-c3cnc[nH]3)cc2)s1. The molecule has 2 aromatic heterocycles. The van der Waals surface area contributed by atoms with Crippen LogP contribution in [-0.4, -0.2) is 9.97 Å². The number of nitrogens with one attached hydrogen (secondary N) is 2. The van der Waals surface area contributed by atoms with Crippen LogP contribution in [0.15, 0.2) is 48.9 Å². The van der Waals surface area contributed by atoms with Gasteiger partial charge in [0.25, 0.3) is 0 Å². The van der Waals surface area contributed by atoms with Crippen molar-refractivity contribution in [1.82, 2.24) is 9.97 Å². The van der Waals surface area contributed by atoms with Crippen molar-refractivity contribution in [3.8, 4) is 11.3 Å². The average molecular weight is 283 g/mol. The third-order valence-electron chi connectivity index (χ3n) is 3.23. The highest BCUT2D eigenvalue weighted by Crippen LogP contribution is 2.21. The molecule has 0 radical (unpaired) electrons. The Hall–Kier alpha value is -2.07. The van der Waals surface area contributed by atoms with Crippen molar-refractivity contribution in [2.75, 3.05) is 5.32 Å². The number of anilines is 1. The Morgan fingerprint density at radius 1 is 1.10 bits per heavy atom. The fourth-order valence-corrected chi connectivity index (χ4v) is 2.98. The van der Waals surface area contributed by atoms with Crippen LogP contribution >= 0.6 is 11.3 Å². The van der Waals surface area contributed by atoms with E-state index in [0.29, 0.717) is 0 Å². The van der Waals surface area contributed by atoms with Crippen molar-refractivity contribution in [1.29, 1.82) is 0 Å². The van der Waals surface area contributed by atoms with Crippen LogP contribution in [0.3, 0.4) is 0 Å². The zero-order chi connectivity index (χ0) is 13.8. The van der Waals surface area contributed by atoms with E-state index >= 15 is 0 Å². The monoisotopic (exact) mass is 283 g/mol. The number of aromatic amines is 1. The van der Waals surface area contributed by atoms with E-state index in [1.54, 1.807) is 6.33 Å². The van der Waals surface area contributed by atoms with E-state index in [0.717, 1.165) is 29.9 Å². The van der Waals surface area contributed by atoms with Crippen molar-refractivity contribution >= 4 is 17.0 Å². The number of nitrogens with zero attached hydrogens (tertiary/aromatic N) is 1. The number of hydrogen-bond acceptors (Lipinski definition) is 3. The molecule has 0 aliphatic carbocycles. The minimum absolute atomic E-state index is 0.883. The fourth-order valence-electron chi connectivity index (χ4n) is 2.08. The number of imidazole rings is 1. The second-order valence-electron chi connectivity index (χ2n) is 4.62. The molecule has 4 heteroatoms. The highest BCUT2D eigenvalue weighted by atomic mass is 32.1. The molecule has 3 nitrogen and oxygen atoms in total. The number of hydrogen-bond donors (Lipinski definition) is 2. The maximum atomic E-state index is 4.04.